The number of urea groups is 1. The predicted octanol–water partition coefficient (Wildman–Crippen LogP) is 3.15. The normalized spacial score (nSPS) is 18.2. The average molecular weight is 391 g/mol. The molecule has 2 aliphatic rings. The molecule has 2 amide bonds. The second-order valence-electron chi connectivity index (χ2n) is 7.58. The number of methoxy groups -OCH3 is 1. The van der Waals surface area contributed by atoms with Crippen molar-refractivity contribution in [3.05, 3.63) is 76.0 Å². The Kier molecular flexibility index (Phi) is 5.01. The number of amides is 2. The largest absolute Gasteiger partial charge is 0.466 e. The molecule has 2 aromatic rings. The number of nitrogens with one attached hydrogen (secondary N) is 2. The van der Waals surface area contributed by atoms with Crippen molar-refractivity contribution in [1.82, 2.24) is 10.6 Å². The zero-order valence-electron chi connectivity index (χ0n) is 16.9. The number of carbonyl (C=O) groups is 2. The highest BCUT2D eigenvalue weighted by Crippen LogP contribution is 2.33. The lowest BCUT2D eigenvalue weighted by Gasteiger charge is -2.32. The van der Waals surface area contributed by atoms with Crippen molar-refractivity contribution in [2.45, 2.75) is 26.3 Å². The van der Waals surface area contributed by atoms with Crippen LogP contribution in [0.3, 0.4) is 0 Å². The van der Waals surface area contributed by atoms with Crippen LogP contribution >= 0.6 is 0 Å². The molecule has 2 aliphatic heterocycles. The molecule has 6 heteroatoms. The topological polar surface area (TPSA) is 70.7 Å². The molecule has 4 rings (SSSR count). The summed E-state index contributed by atoms with van der Waals surface area (Å²) in [5.41, 5.74) is 6.43. The fourth-order valence-corrected chi connectivity index (χ4v) is 4.16. The van der Waals surface area contributed by atoms with E-state index in [1.54, 1.807) is 0 Å². The molecule has 0 spiro atoms. The van der Waals surface area contributed by atoms with Gasteiger partial charge in [0, 0.05) is 12.2 Å². The Hall–Kier alpha value is -3.28. The van der Waals surface area contributed by atoms with Gasteiger partial charge >= 0.3 is 12.0 Å². The number of benzene rings is 2. The number of ether oxygens (including phenoxy) is 1. The SMILES string of the molecule is COC(=O)C1=C(CN2CCc3ccccc32)NC(=O)N[C@@H]1c1cc(C)ccc1C. The molecule has 2 aromatic carbocycles. The highest BCUT2D eigenvalue weighted by atomic mass is 16.5. The van der Waals surface area contributed by atoms with E-state index in [1.165, 1.54) is 12.7 Å². The third-order valence-corrected chi connectivity index (χ3v) is 5.64. The summed E-state index contributed by atoms with van der Waals surface area (Å²) in [6.45, 7) is 5.26. The first-order valence-electron chi connectivity index (χ1n) is 9.77. The van der Waals surface area contributed by atoms with Crippen molar-refractivity contribution >= 4 is 17.7 Å². The van der Waals surface area contributed by atoms with Crippen LogP contribution in [-0.2, 0) is 16.0 Å². The number of hydrogen-bond acceptors (Lipinski definition) is 4. The molecule has 6 nitrogen and oxygen atoms in total. The summed E-state index contributed by atoms with van der Waals surface area (Å²) in [4.78, 5) is 27.5. The van der Waals surface area contributed by atoms with Gasteiger partial charge in [0.2, 0.25) is 0 Å². The van der Waals surface area contributed by atoms with Crippen LogP contribution in [0, 0.1) is 13.8 Å². The van der Waals surface area contributed by atoms with Crippen LogP contribution < -0.4 is 15.5 Å². The van der Waals surface area contributed by atoms with Crippen molar-refractivity contribution in [2.24, 2.45) is 0 Å². The van der Waals surface area contributed by atoms with Gasteiger partial charge in [-0.05, 0) is 43.0 Å². The molecule has 0 bridgehead atoms. The molecular weight excluding hydrogens is 366 g/mol. The average Bonchev–Trinajstić information content (AvgIpc) is 3.12. The van der Waals surface area contributed by atoms with Gasteiger partial charge in [0.25, 0.3) is 0 Å². The molecule has 2 heterocycles. The van der Waals surface area contributed by atoms with E-state index in [9.17, 15) is 9.59 Å². The Balaban J connectivity index is 1.78. The maximum Gasteiger partial charge on any atom is 0.338 e. The summed E-state index contributed by atoms with van der Waals surface area (Å²) in [5, 5.41) is 5.77. The van der Waals surface area contributed by atoms with E-state index in [4.69, 9.17) is 4.74 Å². The Bertz CT molecular complexity index is 1010. The molecule has 0 saturated heterocycles. The minimum absolute atomic E-state index is 0.314. The second-order valence-corrected chi connectivity index (χ2v) is 7.58. The van der Waals surface area contributed by atoms with Crippen molar-refractivity contribution in [3.8, 4) is 0 Å². The number of hydrogen-bond donors (Lipinski definition) is 2. The Morgan fingerprint density at radius 2 is 2.00 bits per heavy atom. The Morgan fingerprint density at radius 1 is 1.21 bits per heavy atom. The van der Waals surface area contributed by atoms with Crippen LogP contribution in [0.15, 0.2) is 53.7 Å². The zero-order valence-corrected chi connectivity index (χ0v) is 16.9. The van der Waals surface area contributed by atoms with E-state index in [-0.39, 0.29) is 6.03 Å². The Labute approximate surface area is 170 Å². The van der Waals surface area contributed by atoms with E-state index in [0.717, 1.165) is 35.3 Å². The van der Waals surface area contributed by atoms with Crippen molar-refractivity contribution in [1.29, 1.82) is 0 Å². The molecule has 2 N–H and O–H groups in total. The molecule has 150 valence electrons. The monoisotopic (exact) mass is 391 g/mol. The van der Waals surface area contributed by atoms with Crippen LogP contribution in [-0.4, -0.2) is 32.2 Å². The van der Waals surface area contributed by atoms with Gasteiger partial charge in [0.1, 0.15) is 0 Å². The summed E-state index contributed by atoms with van der Waals surface area (Å²) < 4.78 is 5.10. The van der Waals surface area contributed by atoms with Gasteiger partial charge in [-0.1, -0.05) is 42.0 Å². The van der Waals surface area contributed by atoms with Crippen LogP contribution in [0.25, 0.3) is 0 Å². The first kappa shape index (κ1) is 19.1. The van der Waals surface area contributed by atoms with Crippen molar-refractivity contribution in [3.63, 3.8) is 0 Å². The first-order chi connectivity index (χ1) is 14.0. The fourth-order valence-electron chi connectivity index (χ4n) is 4.16. The third kappa shape index (κ3) is 3.58. The number of esters is 1. The van der Waals surface area contributed by atoms with Crippen LogP contribution in [0.2, 0.25) is 0 Å². The quantitative estimate of drug-likeness (QED) is 0.786. The van der Waals surface area contributed by atoms with Gasteiger partial charge < -0.3 is 20.3 Å². The van der Waals surface area contributed by atoms with Gasteiger partial charge in [-0.25, -0.2) is 9.59 Å². The maximum absolute atomic E-state index is 12.8. The van der Waals surface area contributed by atoms with Crippen LogP contribution in [0.5, 0.6) is 0 Å². The second kappa shape index (κ2) is 7.62. The number of para-hydroxylation sites is 1. The zero-order chi connectivity index (χ0) is 20.5. The molecule has 0 aliphatic carbocycles. The summed E-state index contributed by atoms with van der Waals surface area (Å²) in [6, 6.07) is 13.4. The minimum atomic E-state index is -0.552. The molecular formula is C23H25N3O3. The fraction of sp³-hybridized carbons (Fsp3) is 0.304. The van der Waals surface area contributed by atoms with Crippen LogP contribution in [0.4, 0.5) is 10.5 Å². The summed E-state index contributed by atoms with van der Waals surface area (Å²) in [6.07, 6.45) is 0.948. The lowest BCUT2D eigenvalue weighted by atomic mass is 9.91. The van der Waals surface area contributed by atoms with Gasteiger partial charge in [0.05, 0.1) is 31.0 Å². The first-order valence-corrected chi connectivity index (χ1v) is 9.77. The number of anilines is 1. The number of nitrogens with zero attached hydrogens (tertiary/aromatic N) is 1. The number of carbonyl (C=O) groups excluding carboxylic acids is 2. The summed E-state index contributed by atoms with van der Waals surface area (Å²) in [5.74, 6) is -0.439. The molecule has 29 heavy (non-hydrogen) atoms. The molecule has 0 saturated carbocycles. The number of rotatable bonds is 4. The van der Waals surface area contributed by atoms with Gasteiger partial charge in [-0.3, -0.25) is 0 Å². The van der Waals surface area contributed by atoms with Crippen LogP contribution in [0.1, 0.15) is 28.3 Å². The van der Waals surface area contributed by atoms with Gasteiger partial charge in [-0.2, -0.15) is 0 Å². The van der Waals surface area contributed by atoms with E-state index in [0.29, 0.717) is 17.8 Å². The number of aryl methyl sites for hydroxylation is 2. The van der Waals surface area contributed by atoms with E-state index in [1.807, 2.05) is 44.2 Å². The smallest absolute Gasteiger partial charge is 0.338 e. The standard InChI is InChI=1S/C23H25N3O3/c1-14-8-9-15(2)17(12-14)21-20(22(27)29-3)18(24-23(28)25-21)13-26-11-10-16-6-4-5-7-19(16)26/h4-9,12,21H,10-11,13H2,1-3H3,(H2,24,25,28)/t21-/m1/s1. The molecule has 0 radical (unpaired) electrons. The highest BCUT2D eigenvalue weighted by molar-refractivity contribution is 5.95. The van der Waals surface area contributed by atoms with Crippen molar-refractivity contribution in [2.75, 3.05) is 25.1 Å². The van der Waals surface area contributed by atoms with E-state index >= 15 is 0 Å². The van der Waals surface area contributed by atoms with Gasteiger partial charge in [-0.15, -0.1) is 0 Å². The Morgan fingerprint density at radius 3 is 2.79 bits per heavy atom. The van der Waals surface area contributed by atoms with E-state index in [2.05, 4.69) is 27.7 Å². The lowest BCUT2D eigenvalue weighted by Crippen LogP contribution is -2.48. The summed E-state index contributed by atoms with van der Waals surface area (Å²) >= 11 is 0. The van der Waals surface area contributed by atoms with Gasteiger partial charge in [0.15, 0.2) is 0 Å². The predicted molar refractivity (Wildman–Crippen MR) is 112 cm³/mol. The molecule has 0 unspecified atom stereocenters. The maximum atomic E-state index is 12.8. The van der Waals surface area contributed by atoms with Crippen molar-refractivity contribution < 1.29 is 14.3 Å². The van der Waals surface area contributed by atoms with E-state index < -0.39 is 12.0 Å². The number of fused-ring (bicyclic) bond motifs is 1. The lowest BCUT2D eigenvalue weighted by molar-refractivity contribution is -0.136. The molecule has 1 atom stereocenters. The molecule has 0 aromatic heterocycles. The summed E-state index contributed by atoms with van der Waals surface area (Å²) in [7, 11) is 1.37. The third-order valence-electron chi connectivity index (χ3n) is 5.64. The molecule has 0 fully saturated rings. The highest BCUT2D eigenvalue weighted by Gasteiger charge is 2.35. The minimum Gasteiger partial charge on any atom is -0.466 e.